The van der Waals surface area contributed by atoms with Gasteiger partial charge < -0.3 is 19.7 Å². The molecular formula is C15H23FN2O2. The van der Waals surface area contributed by atoms with Crippen LogP contribution in [0.25, 0.3) is 0 Å². The van der Waals surface area contributed by atoms with Gasteiger partial charge in [-0.1, -0.05) is 0 Å². The molecule has 1 aliphatic heterocycles. The first-order valence-electron chi connectivity index (χ1n) is 7.02. The van der Waals surface area contributed by atoms with Crippen molar-refractivity contribution in [2.24, 2.45) is 0 Å². The Morgan fingerprint density at radius 1 is 1.45 bits per heavy atom. The number of nitrogens with one attached hydrogen (secondary N) is 1. The Kier molecular flexibility index (Phi) is 5.76. The van der Waals surface area contributed by atoms with E-state index in [1.165, 1.54) is 6.07 Å². The minimum Gasteiger partial charge on any atom is -0.488 e. The fourth-order valence-corrected chi connectivity index (χ4v) is 2.29. The van der Waals surface area contributed by atoms with Crippen LogP contribution in [0, 0.1) is 5.82 Å². The lowest BCUT2D eigenvalue weighted by atomic mass is 10.1. The van der Waals surface area contributed by atoms with Gasteiger partial charge in [0.05, 0.1) is 6.61 Å². The van der Waals surface area contributed by atoms with Crippen molar-refractivity contribution in [2.45, 2.75) is 12.5 Å². The summed E-state index contributed by atoms with van der Waals surface area (Å²) in [5.41, 5.74) is 0.967. The number of likely N-dealkylation sites (N-methyl/N-ethyl adjacent to an activating group) is 1. The number of benzene rings is 1. The van der Waals surface area contributed by atoms with Crippen molar-refractivity contribution in [3.05, 3.63) is 29.6 Å². The highest BCUT2D eigenvalue weighted by Crippen LogP contribution is 2.28. The Balaban J connectivity index is 1.62. The van der Waals surface area contributed by atoms with Crippen LogP contribution in [0.2, 0.25) is 0 Å². The highest BCUT2D eigenvalue weighted by Gasteiger charge is 2.22. The molecule has 112 valence electrons. The minimum absolute atomic E-state index is 0.107. The van der Waals surface area contributed by atoms with Gasteiger partial charge in [-0.15, -0.1) is 0 Å². The summed E-state index contributed by atoms with van der Waals surface area (Å²) in [6, 6.07) is 4.72. The van der Waals surface area contributed by atoms with E-state index in [1.54, 1.807) is 19.2 Å². The summed E-state index contributed by atoms with van der Waals surface area (Å²) in [7, 11) is 3.79. The molecule has 0 saturated carbocycles. The fraction of sp³-hybridized carbons (Fsp3) is 0.600. The Hall–Kier alpha value is -1.17. The molecule has 1 atom stereocenters. The van der Waals surface area contributed by atoms with Crippen LogP contribution in [0.1, 0.15) is 5.56 Å². The molecule has 1 heterocycles. The molecule has 0 saturated heterocycles. The average molecular weight is 282 g/mol. The lowest BCUT2D eigenvalue weighted by Crippen LogP contribution is -2.36. The molecule has 0 fully saturated rings. The molecule has 1 aromatic carbocycles. The number of fused-ring (bicyclic) bond motifs is 1. The SMILES string of the molecule is COCCN(C)CCNCC1Cc2cc(F)ccc2O1. The van der Waals surface area contributed by atoms with Crippen molar-refractivity contribution in [3.8, 4) is 5.75 Å². The zero-order chi connectivity index (χ0) is 14.4. The molecule has 1 unspecified atom stereocenters. The number of nitrogens with zero attached hydrogens (tertiary/aromatic N) is 1. The summed E-state index contributed by atoms with van der Waals surface area (Å²) in [6.45, 7) is 4.35. The van der Waals surface area contributed by atoms with Crippen LogP contribution < -0.4 is 10.1 Å². The Bertz CT molecular complexity index is 428. The number of rotatable bonds is 8. The maximum absolute atomic E-state index is 13.1. The molecule has 5 heteroatoms. The summed E-state index contributed by atoms with van der Waals surface area (Å²) in [6.07, 6.45) is 0.885. The number of hydrogen-bond acceptors (Lipinski definition) is 4. The van der Waals surface area contributed by atoms with Crippen molar-refractivity contribution in [1.29, 1.82) is 0 Å². The molecule has 0 bridgehead atoms. The number of halogens is 1. The highest BCUT2D eigenvalue weighted by molar-refractivity contribution is 5.37. The third kappa shape index (κ3) is 4.44. The van der Waals surface area contributed by atoms with Crippen molar-refractivity contribution in [3.63, 3.8) is 0 Å². The Labute approximate surface area is 119 Å². The molecule has 20 heavy (non-hydrogen) atoms. The second-order valence-corrected chi connectivity index (χ2v) is 5.20. The van der Waals surface area contributed by atoms with E-state index in [2.05, 4.69) is 17.3 Å². The molecule has 1 N–H and O–H groups in total. The van der Waals surface area contributed by atoms with E-state index >= 15 is 0 Å². The van der Waals surface area contributed by atoms with Gasteiger partial charge in [-0.3, -0.25) is 0 Å². The predicted molar refractivity (Wildman–Crippen MR) is 76.8 cm³/mol. The largest absolute Gasteiger partial charge is 0.488 e. The number of hydrogen-bond donors (Lipinski definition) is 1. The third-order valence-electron chi connectivity index (χ3n) is 3.48. The van der Waals surface area contributed by atoms with Crippen molar-refractivity contribution in [1.82, 2.24) is 10.2 Å². The summed E-state index contributed by atoms with van der Waals surface area (Å²) in [5, 5.41) is 3.38. The summed E-state index contributed by atoms with van der Waals surface area (Å²) in [4.78, 5) is 2.22. The van der Waals surface area contributed by atoms with Crippen LogP contribution >= 0.6 is 0 Å². The van der Waals surface area contributed by atoms with Crippen LogP contribution in [-0.4, -0.2) is 57.9 Å². The maximum Gasteiger partial charge on any atom is 0.123 e. The van der Waals surface area contributed by atoms with Crippen LogP contribution in [0.5, 0.6) is 5.75 Å². The summed E-state index contributed by atoms with van der Waals surface area (Å²) < 4.78 is 23.9. The normalized spacial score (nSPS) is 17.3. The van der Waals surface area contributed by atoms with Gasteiger partial charge in [0.2, 0.25) is 0 Å². The van der Waals surface area contributed by atoms with E-state index in [-0.39, 0.29) is 11.9 Å². The van der Waals surface area contributed by atoms with Gasteiger partial charge in [-0.2, -0.15) is 0 Å². The Morgan fingerprint density at radius 2 is 2.30 bits per heavy atom. The van der Waals surface area contributed by atoms with Crippen molar-refractivity contribution in [2.75, 3.05) is 46.9 Å². The highest BCUT2D eigenvalue weighted by atomic mass is 19.1. The van der Waals surface area contributed by atoms with E-state index in [9.17, 15) is 4.39 Å². The first-order valence-corrected chi connectivity index (χ1v) is 7.02. The lowest BCUT2D eigenvalue weighted by molar-refractivity contribution is 0.160. The van der Waals surface area contributed by atoms with Gasteiger partial charge >= 0.3 is 0 Å². The molecule has 0 radical (unpaired) electrons. The van der Waals surface area contributed by atoms with Gasteiger partial charge in [-0.05, 0) is 25.2 Å². The lowest BCUT2D eigenvalue weighted by Gasteiger charge is -2.17. The van der Waals surface area contributed by atoms with Gasteiger partial charge in [0.1, 0.15) is 17.7 Å². The molecule has 0 spiro atoms. The molecule has 0 aliphatic carbocycles. The van der Waals surface area contributed by atoms with E-state index in [0.29, 0.717) is 0 Å². The molecule has 2 rings (SSSR count). The molecule has 1 aromatic rings. The molecule has 1 aliphatic rings. The van der Waals surface area contributed by atoms with Crippen LogP contribution in [0.4, 0.5) is 4.39 Å². The fourth-order valence-electron chi connectivity index (χ4n) is 2.29. The number of ether oxygens (including phenoxy) is 2. The van der Waals surface area contributed by atoms with Gasteiger partial charge in [-0.25, -0.2) is 4.39 Å². The second kappa shape index (κ2) is 7.57. The summed E-state index contributed by atoms with van der Waals surface area (Å²) >= 11 is 0. The molecular weight excluding hydrogens is 259 g/mol. The number of methoxy groups -OCH3 is 1. The predicted octanol–water partition coefficient (Wildman–Crippen LogP) is 1.30. The maximum atomic E-state index is 13.1. The van der Waals surface area contributed by atoms with Crippen molar-refractivity contribution < 1.29 is 13.9 Å². The topological polar surface area (TPSA) is 33.7 Å². The Morgan fingerprint density at radius 3 is 3.10 bits per heavy atom. The van der Waals surface area contributed by atoms with Crippen LogP contribution in [-0.2, 0) is 11.2 Å². The van der Waals surface area contributed by atoms with Crippen molar-refractivity contribution >= 4 is 0 Å². The van der Waals surface area contributed by atoms with Crippen LogP contribution in [0.3, 0.4) is 0 Å². The van der Waals surface area contributed by atoms with E-state index in [1.807, 2.05) is 0 Å². The minimum atomic E-state index is -0.194. The third-order valence-corrected chi connectivity index (χ3v) is 3.48. The van der Waals surface area contributed by atoms with E-state index in [0.717, 1.165) is 50.5 Å². The van der Waals surface area contributed by atoms with Gasteiger partial charge in [0.15, 0.2) is 0 Å². The van der Waals surface area contributed by atoms with E-state index in [4.69, 9.17) is 9.47 Å². The molecule has 0 amide bonds. The first kappa shape index (κ1) is 15.2. The van der Waals surface area contributed by atoms with Gasteiger partial charge in [0.25, 0.3) is 0 Å². The quantitative estimate of drug-likeness (QED) is 0.729. The van der Waals surface area contributed by atoms with Gasteiger partial charge in [0, 0.05) is 45.3 Å². The van der Waals surface area contributed by atoms with E-state index < -0.39 is 0 Å². The molecule has 4 nitrogen and oxygen atoms in total. The van der Waals surface area contributed by atoms with Crippen LogP contribution in [0.15, 0.2) is 18.2 Å². The smallest absolute Gasteiger partial charge is 0.123 e. The second-order valence-electron chi connectivity index (χ2n) is 5.20. The first-order chi connectivity index (χ1) is 9.69. The average Bonchev–Trinajstić information content (AvgIpc) is 2.83. The zero-order valence-electron chi connectivity index (χ0n) is 12.2. The molecule has 0 aromatic heterocycles. The summed E-state index contributed by atoms with van der Waals surface area (Å²) in [5.74, 6) is 0.621. The zero-order valence-corrected chi connectivity index (χ0v) is 12.2. The standard InChI is InChI=1S/C15H23FN2O2/c1-18(7-8-19-2)6-5-17-11-14-10-12-9-13(16)3-4-15(12)20-14/h3-4,9,14,17H,5-8,10-11H2,1-2H3. The monoisotopic (exact) mass is 282 g/mol.